The number of amidine groups is 1. The standard InChI is InChI=1S/C14H12F3N3O/c15-11-5-4-9(6-12(11)16)19-7-8-2-1-3-10(13(8)17)14(18)20-21/h1-6,19,21H,7H2,(H2,18,20). The fourth-order valence-electron chi connectivity index (χ4n) is 1.77. The van der Waals surface area contributed by atoms with Gasteiger partial charge >= 0.3 is 0 Å². The van der Waals surface area contributed by atoms with Crippen LogP contribution in [0.2, 0.25) is 0 Å². The Morgan fingerprint density at radius 3 is 2.57 bits per heavy atom. The van der Waals surface area contributed by atoms with Gasteiger partial charge in [0.2, 0.25) is 0 Å². The third kappa shape index (κ3) is 3.25. The number of nitrogens with zero attached hydrogens (tertiary/aromatic N) is 1. The van der Waals surface area contributed by atoms with Gasteiger partial charge in [-0.2, -0.15) is 0 Å². The largest absolute Gasteiger partial charge is 0.409 e. The Kier molecular flexibility index (Phi) is 4.32. The molecule has 7 heteroatoms. The van der Waals surface area contributed by atoms with Crippen LogP contribution in [0.4, 0.5) is 18.9 Å². The van der Waals surface area contributed by atoms with Crippen LogP contribution in [0, 0.1) is 17.5 Å². The lowest BCUT2D eigenvalue weighted by molar-refractivity contribution is 0.318. The lowest BCUT2D eigenvalue weighted by Crippen LogP contribution is -2.16. The van der Waals surface area contributed by atoms with E-state index in [1.54, 1.807) is 6.07 Å². The van der Waals surface area contributed by atoms with Gasteiger partial charge in [-0.25, -0.2) is 13.2 Å². The zero-order valence-corrected chi connectivity index (χ0v) is 10.8. The average molecular weight is 295 g/mol. The van der Waals surface area contributed by atoms with Crippen LogP contribution >= 0.6 is 0 Å². The molecule has 0 unspecified atom stereocenters. The summed E-state index contributed by atoms with van der Waals surface area (Å²) < 4.78 is 40.0. The van der Waals surface area contributed by atoms with E-state index < -0.39 is 17.5 Å². The highest BCUT2D eigenvalue weighted by molar-refractivity contribution is 5.97. The molecule has 0 amide bonds. The molecule has 0 bridgehead atoms. The van der Waals surface area contributed by atoms with E-state index >= 15 is 0 Å². The molecule has 0 aromatic heterocycles. The smallest absolute Gasteiger partial charge is 0.173 e. The number of hydrogen-bond donors (Lipinski definition) is 3. The van der Waals surface area contributed by atoms with Crippen molar-refractivity contribution in [2.75, 3.05) is 5.32 Å². The van der Waals surface area contributed by atoms with Crippen molar-refractivity contribution in [3.8, 4) is 0 Å². The number of hydrogen-bond acceptors (Lipinski definition) is 3. The van der Waals surface area contributed by atoms with E-state index in [-0.39, 0.29) is 23.5 Å². The van der Waals surface area contributed by atoms with E-state index in [1.807, 2.05) is 0 Å². The van der Waals surface area contributed by atoms with Gasteiger partial charge in [-0.3, -0.25) is 0 Å². The maximum absolute atomic E-state index is 14.1. The number of benzene rings is 2. The summed E-state index contributed by atoms with van der Waals surface area (Å²) in [6.45, 7) is 0.0312. The van der Waals surface area contributed by atoms with Crippen LogP contribution < -0.4 is 11.1 Å². The van der Waals surface area contributed by atoms with Crippen LogP contribution in [0.3, 0.4) is 0 Å². The van der Waals surface area contributed by atoms with Crippen molar-refractivity contribution in [2.45, 2.75) is 6.54 Å². The zero-order chi connectivity index (χ0) is 15.4. The van der Waals surface area contributed by atoms with E-state index in [2.05, 4.69) is 10.5 Å². The lowest BCUT2D eigenvalue weighted by Gasteiger charge is -2.10. The van der Waals surface area contributed by atoms with Crippen LogP contribution in [-0.4, -0.2) is 11.0 Å². The SMILES string of the molecule is N/C(=N/O)c1cccc(CNc2ccc(F)c(F)c2)c1F. The van der Waals surface area contributed by atoms with Crippen molar-refractivity contribution in [3.63, 3.8) is 0 Å². The third-order valence-corrected chi connectivity index (χ3v) is 2.86. The fourth-order valence-corrected chi connectivity index (χ4v) is 1.77. The molecular formula is C14H12F3N3O. The zero-order valence-electron chi connectivity index (χ0n) is 10.8. The van der Waals surface area contributed by atoms with Gasteiger partial charge < -0.3 is 16.3 Å². The first-order valence-electron chi connectivity index (χ1n) is 5.97. The van der Waals surface area contributed by atoms with Crippen molar-refractivity contribution in [3.05, 3.63) is 65.0 Å². The molecule has 0 saturated carbocycles. The molecule has 110 valence electrons. The first-order valence-corrected chi connectivity index (χ1v) is 5.97. The number of rotatable bonds is 4. The van der Waals surface area contributed by atoms with Gasteiger partial charge in [0, 0.05) is 23.9 Å². The Morgan fingerprint density at radius 2 is 1.90 bits per heavy atom. The summed E-state index contributed by atoms with van der Waals surface area (Å²) in [5.41, 5.74) is 5.86. The summed E-state index contributed by atoms with van der Waals surface area (Å²) in [6, 6.07) is 7.69. The quantitative estimate of drug-likeness (QED) is 0.351. The highest BCUT2D eigenvalue weighted by Gasteiger charge is 2.11. The first kappa shape index (κ1) is 14.7. The van der Waals surface area contributed by atoms with Gasteiger partial charge in [0.1, 0.15) is 5.82 Å². The fraction of sp³-hybridized carbons (Fsp3) is 0.0714. The molecule has 0 aliphatic carbocycles. The molecule has 0 atom stereocenters. The van der Waals surface area contributed by atoms with Gasteiger partial charge in [0.05, 0.1) is 5.56 Å². The number of oxime groups is 1. The topological polar surface area (TPSA) is 70.6 Å². The molecule has 0 aliphatic rings. The Balaban J connectivity index is 2.18. The Hall–Kier alpha value is -2.70. The molecule has 21 heavy (non-hydrogen) atoms. The minimum Gasteiger partial charge on any atom is -0.409 e. The van der Waals surface area contributed by atoms with Gasteiger partial charge in [-0.05, 0) is 18.2 Å². The second kappa shape index (κ2) is 6.17. The molecule has 0 spiro atoms. The highest BCUT2D eigenvalue weighted by Crippen LogP contribution is 2.17. The second-order valence-corrected chi connectivity index (χ2v) is 4.25. The number of halogens is 3. The van der Waals surface area contributed by atoms with E-state index in [0.717, 1.165) is 12.1 Å². The average Bonchev–Trinajstić information content (AvgIpc) is 2.49. The van der Waals surface area contributed by atoms with Gasteiger partial charge in [0.25, 0.3) is 0 Å². The molecule has 2 aromatic rings. The molecule has 0 fully saturated rings. The Bertz CT molecular complexity index is 689. The second-order valence-electron chi connectivity index (χ2n) is 4.25. The van der Waals surface area contributed by atoms with Gasteiger partial charge in [0.15, 0.2) is 17.5 Å². The van der Waals surface area contributed by atoms with E-state index in [9.17, 15) is 13.2 Å². The van der Waals surface area contributed by atoms with Crippen LogP contribution in [0.1, 0.15) is 11.1 Å². The van der Waals surface area contributed by atoms with Crippen molar-refractivity contribution in [1.29, 1.82) is 0 Å². The number of nitrogens with two attached hydrogens (primary N) is 1. The van der Waals surface area contributed by atoms with Crippen molar-refractivity contribution < 1.29 is 18.4 Å². The Labute approximate surface area is 118 Å². The minimum absolute atomic E-state index is 0.0312. The van der Waals surface area contributed by atoms with Crippen molar-refractivity contribution >= 4 is 11.5 Å². The Morgan fingerprint density at radius 1 is 1.14 bits per heavy atom. The van der Waals surface area contributed by atoms with E-state index in [1.165, 1.54) is 18.2 Å². The van der Waals surface area contributed by atoms with Crippen molar-refractivity contribution in [1.82, 2.24) is 0 Å². The lowest BCUT2D eigenvalue weighted by atomic mass is 10.1. The molecule has 0 heterocycles. The summed E-state index contributed by atoms with van der Waals surface area (Å²) in [5, 5.41) is 14.1. The summed E-state index contributed by atoms with van der Waals surface area (Å²) in [4.78, 5) is 0. The summed E-state index contributed by atoms with van der Waals surface area (Å²) in [6.07, 6.45) is 0. The summed E-state index contributed by atoms with van der Waals surface area (Å²) >= 11 is 0. The molecule has 4 N–H and O–H groups in total. The molecule has 2 rings (SSSR count). The minimum atomic E-state index is -0.995. The molecule has 0 saturated heterocycles. The third-order valence-electron chi connectivity index (χ3n) is 2.86. The van der Waals surface area contributed by atoms with Crippen LogP contribution in [0.15, 0.2) is 41.6 Å². The van der Waals surface area contributed by atoms with Crippen LogP contribution in [-0.2, 0) is 6.54 Å². The van der Waals surface area contributed by atoms with Gasteiger partial charge in [-0.15, -0.1) is 0 Å². The molecule has 4 nitrogen and oxygen atoms in total. The normalized spacial score (nSPS) is 11.5. The molecular weight excluding hydrogens is 283 g/mol. The first-order chi connectivity index (χ1) is 10.0. The van der Waals surface area contributed by atoms with Crippen molar-refractivity contribution in [2.24, 2.45) is 10.9 Å². The predicted molar refractivity (Wildman–Crippen MR) is 72.6 cm³/mol. The maximum atomic E-state index is 14.1. The number of anilines is 1. The van der Waals surface area contributed by atoms with Crippen LogP contribution in [0.25, 0.3) is 0 Å². The predicted octanol–water partition coefficient (Wildman–Crippen LogP) is 2.81. The maximum Gasteiger partial charge on any atom is 0.173 e. The van der Waals surface area contributed by atoms with Gasteiger partial charge in [-0.1, -0.05) is 17.3 Å². The van der Waals surface area contributed by atoms with E-state index in [0.29, 0.717) is 5.69 Å². The van der Waals surface area contributed by atoms with E-state index in [4.69, 9.17) is 10.9 Å². The summed E-state index contributed by atoms with van der Waals surface area (Å²) in [5.74, 6) is -2.95. The summed E-state index contributed by atoms with van der Waals surface area (Å²) in [7, 11) is 0. The number of nitrogens with one attached hydrogen (secondary N) is 1. The van der Waals surface area contributed by atoms with Crippen LogP contribution in [0.5, 0.6) is 0 Å². The monoisotopic (exact) mass is 295 g/mol. The molecule has 0 radical (unpaired) electrons. The molecule has 0 aliphatic heterocycles. The molecule has 2 aromatic carbocycles. The highest BCUT2D eigenvalue weighted by atomic mass is 19.2.